The number of anilines is 1. The van der Waals surface area contributed by atoms with Crippen molar-refractivity contribution < 1.29 is 9.05 Å². The van der Waals surface area contributed by atoms with Crippen LogP contribution in [0.3, 0.4) is 0 Å². The molecule has 0 saturated heterocycles. The number of amidine groups is 1. The number of hydrogen-bond acceptors (Lipinski definition) is 8. The van der Waals surface area contributed by atoms with Crippen molar-refractivity contribution in [3.63, 3.8) is 0 Å². The summed E-state index contributed by atoms with van der Waals surface area (Å²) in [6.45, 7) is 3.71. The van der Waals surface area contributed by atoms with Crippen molar-refractivity contribution in [2.75, 3.05) is 31.5 Å². The number of hydrogen-bond donors (Lipinski definition) is 1. The van der Waals surface area contributed by atoms with Gasteiger partial charge < -0.3 is 19.3 Å². The highest BCUT2D eigenvalue weighted by Crippen LogP contribution is 2.29. The molecule has 36 heavy (non-hydrogen) atoms. The number of rotatable bonds is 7. The van der Waals surface area contributed by atoms with E-state index in [0.29, 0.717) is 47.6 Å². The smallest absolute Gasteiger partial charge is 0.375 e. The highest BCUT2D eigenvalue weighted by Gasteiger charge is 2.18. The Bertz CT molecular complexity index is 1480. The molecule has 4 rings (SSSR count). The molecule has 1 aliphatic rings. The number of nitrogens with one attached hydrogen (secondary N) is 1. The van der Waals surface area contributed by atoms with Crippen molar-refractivity contribution in [3.05, 3.63) is 102 Å². The molecule has 3 aromatic rings. The van der Waals surface area contributed by atoms with Crippen molar-refractivity contribution in [1.82, 2.24) is 14.4 Å². The van der Waals surface area contributed by atoms with Gasteiger partial charge in [0.15, 0.2) is 0 Å². The Morgan fingerprint density at radius 3 is 2.28 bits per heavy atom. The first-order valence-electron chi connectivity index (χ1n) is 11.1. The third kappa shape index (κ3) is 6.07. The molecule has 1 aromatic heterocycles. The maximum Gasteiger partial charge on any atom is 0.391 e. The zero-order valence-corrected chi connectivity index (χ0v) is 20.8. The van der Waals surface area contributed by atoms with Crippen LogP contribution in [0.15, 0.2) is 83.0 Å². The molecule has 1 N–H and O–H groups in total. The van der Waals surface area contributed by atoms with Gasteiger partial charge in [0.25, 0.3) is 0 Å². The van der Waals surface area contributed by atoms with Crippen molar-refractivity contribution in [2.24, 2.45) is 4.99 Å². The van der Waals surface area contributed by atoms with E-state index in [0.717, 1.165) is 33.0 Å². The maximum absolute atomic E-state index is 13.3. The van der Waals surface area contributed by atoms with E-state index in [2.05, 4.69) is 10.3 Å². The number of halogens is 2. The average molecular weight is 532 g/mol. The molecule has 2 heterocycles. The third-order valence-electron chi connectivity index (χ3n) is 5.38. The summed E-state index contributed by atoms with van der Waals surface area (Å²) < 4.78 is 12.1. The molecule has 0 unspecified atom stereocenters. The topological polar surface area (TPSA) is 115 Å². The van der Waals surface area contributed by atoms with Crippen LogP contribution in [0.4, 0.5) is 5.69 Å². The van der Waals surface area contributed by atoms with E-state index in [-0.39, 0.29) is 6.54 Å². The van der Waals surface area contributed by atoms with Gasteiger partial charge >= 0.3 is 16.9 Å². The number of aliphatic imine (C=N–C) groups is 1. The van der Waals surface area contributed by atoms with Gasteiger partial charge in [0.1, 0.15) is 5.84 Å². The molecule has 1 aliphatic heterocycles. The quantitative estimate of drug-likeness (QED) is 0.497. The van der Waals surface area contributed by atoms with E-state index in [4.69, 9.17) is 32.2 Å². The summed E-state index contributed by atoms with van der Waals surface area (Å²) in [5.74, 6) is 0.732. The molecule has 10 nitrogen and oxygen atoms in total. The molecule has 0 radical (unpaired) electrons. The molecule has 0 spiro atoms. The Morgan fingerprint density at radius 2 is 1.58 bits per heavy atom. The number of aryl methyl sites for hydroxylation is 1. The highest BCUT2D eigenvalue weighted by atomic mass is 35.5. The lowest BCUT2D eigenvalue weighted by molar-refractivity contribution is 0.185. The van der Waals surface area contributed by atoms with Crippen LogP contribution in [0.25, 0.3) is 5.69 Å². The van der Waals surface area contributed by atoms with E-state index in [9.17, 15) is 14.4 Å². The summed E-state index contributed by atoms with van der Waals surface area (Å²) in [6, 6.07) is 13.8. The van der Waals surface area contributed by atoms with Crippen molar-refractivity contribution in [3.8, 4) is 5.69 Å². The van der Waals surface area contributed by atoms with Gasteiger partial charge in [-0.15, -0.1) is 9.48 Å². The molecule has 12 heteroatoms. The lowest BCUT2D eigenvalue weighted by atomic mass is 10.2. The lowest BCUT2D eigenvalue weighted by Crippen LogP contribution is -2.38. The second-order valence-electron chi connectivity index (χ2n) is 7.90. The molecule has 0 saturated carbocycles. The second kappa shape index (κ2) is 11.3. The van der Waals surface area contributed by atoms with E-state index < -0.39 is 16.9 Å². The van der Waals surface area contributed by atoms with Crippen LogP contribution in [-0.2, 0) is 6.54 Å². The molecular formula is C24H23Cl2N5O5. The largest absolute Gasteiger partial charge is 0.391 e. The first kappa shape index (κ1) is 25.3. The predicted molar refractivity (Wildman–Crippen MR) is 138 cm³/mol. The molecule has 0 fully saturated rings. The van der Waals surface area contributed by atoms with Crippen molar-refractivity contribution in [2.45, 2.75) is 13.5 Å². The summed E-state index contributed by atoms with van der Waals surface area (Å²) in [5.41, 5.74) is -0.737. The maximum atomic E-state index is 13.3. The Balaban J connectivity index is 1.60. The Labute approximate surface area is 215 Å². The zero-order valence-electron chi connectivity index (χ0n) is 19.3. The first-order chi connectivity index (χ1) is 17.3. The molecule has 0 amide bonds. The van der Waals surface area contributed by atoms with Crippen LogP contribution in [0.5, 0.6) is 0 Å². The van der Waals surface area contributed by atoms with E-state index >= 15 is 0 Å². The van der Waals surface area contributed by atoms with E-state index in [1.165, 1.54) is 0 Å². The number of aromatic nitrogens is 2. The number of benzene rings is 2. The normalized spacial score (nSPS) is 12.9. The average Bonchev–Trinajstić information content (AvgIpc) is 3.32. The van der Waals surface area contributed by atoms with Crippen LogP contribution in [-0.4, -0.2) is 46.4 Å². The van der Waals surface area contributed by atoms with Crippen molar-refractivity contribution >= 4 is 34.7 Å². The summed E-state index contributed by atoms with van der Waals surface area (Å²) in [5, 5.41) is 4.17. The third-order valence-corrected chi connectivity index (χ3v) is 6.01. The fourth-order valence-electron chi connectivity index (χ4n) is 3.54. The Kier molecular flexibility index (Phi) is 7.97. The molecule has 0 bridgehead atoms. The van der Waals surface area contributed by atoms with E-state index in [1.54, 1.807) is 42.5 Å². The van der Waals surface area contributed by atoms with Gasteiger partial charge in [0.2, 0.25) is 0 Å². The summed E-state index contributed by atoms with van der Waals surface area (Å²) in [7, 11) is 0. The van der Waals surface area contributed by atoms with Crippen LogP contribution < -0.4 is 22.3 Å². The molecular weight excluding hydrogens is 509 g/mol. The lowest BCUT2D eigenvalue weighted by Gasteiger charge is -2.21. The fourth-order valence-corrected chi connectivity index (χ4v) is 4.07. The van der Waals surface area contributed by atoms with Gasteiger partial charge in [0.05, 0.1) is 41.1 Å². The predicted octanol–water partition coefficient (Wildman–Crippen LogP) is 3.11. The molecule has 2 aromatic carbocycles. The standard InChI is InChI=1S/C24H23Cl2N5O5/c1-16-5-7-17(8-6-16)31-24(34)30(35-21(32)9-10-22(33)36-31)14-13-29-12-11-27-20(29)15-28-23-18(25)3-2-4-19(23)26/h2-10,28H,11-15H2,1H3. The molecule has 188 valence electrons. The Hall–Kier alpha value is -3.76. The van der Waals surface area contributed by atoms with Crippen LogP contribution in [0.1, 0.15) is 5.56 Å². The minimum Gasteiger partial charge on any atom is -0.375 e. The number of para-hydroxylation sites is 1. The minimum atomic E-state index is -0.888. The zero-order chi connectivity index (χ0) is 25.7. The first-order valence-corrected chi connectivity index (χ1v) is 11.8. The van der Waals surface area contributed by atoms with Gasteiger partial charge in [-0.05, 0) is 31.2 Å². The Morgan fingerprint density at radius 1 is 0.917 bits per heavy atom. The number of nitrogens with zero attached hydrogens (tertiary/aromatic N) is 4. The van der Waals surface area contributed by atoms with Crippen molar-refractivity contribution in [1.29, 1.82) is 0 Å². The van der Waals surface area contributed by atoms with Gasteiger partial charge in [-0.3, -0.25) is 4.99 Å². The summed E-state index contributed by atoms with van der Waals surface area (Å²) in [6.07, 6.45) is 0. The monoisotopic (exact) mass is 531 g/mol. The van der Waals surface area contributed by atoms with Crippen LogP contribution in [0, 0.1) is 6.92 Å². The van der Waals surface area contributed by atoms with Gasteiger partial charge in [-0.2, -0.15) is 0 Å². The minimum absolute atomic E-state index is 0.00973. The SMILES string of the molecule is Cc1ccc(-n2oc(=O)ccc(=O)on(CCN3CCN=C3CNc3c(Cl)cccc3Cl)c2=O)cc1. The second-order valence-corrected chi connectivity index (χ2v) is 8.72. The molecule has 0 atom stereocenters. The molecule has 0 aliphatic carbocycles. The van der Waals surface area contributed by atoms with Gasteiger partial charge in [0, 0.05) is 25.2 Å². The summed E-state index contributed by atoms with van der Waals surface area (Å²) in [4.78, 5) is 44.0. The van der Waals surface area contributed by atoms with Crippen LogP contribution in [0.2, 0.25) is 10.0 Å². The fraction of sp³-hybridized carbons (Fsp3) is 0.250. The highest BCUT2D eigenvalue weighted by molar-refractivity contribution is 6.39. The van der Waals surface area contributed by atoms with Gasteiger partial charge in [-0.25, -0.2) is 14.4 Å². The summed E-state index contributed by atoms with van der Waals surface area (Å²) >= 11 is 12.5. The van der Waals surface area contributed by atoms with E-state index in [1.807, 2.05) is 11.8 Å². The van der Waals surface area contributed by atoms with Gasteiger partial charge in [-0.1, -0.05) is 47.0 Å². The van der Waals surface area contributed by atoms with Crippen LogP contribution >= 0.6 is 23.2 Å².